The van der Waals surface area contributed by atoms with Crippen molar-refractivity contribution in [3.8, 4) is 11.6 Å². The number of pyridine rings is 1. The van der Waals surface area contributed by atoms with E-state index in [-0.39, 0.29) is 17.1 Å². The third-order valence-electron chi connectivity index (χ3n) is 4.15. The zero-order valence-corrected chi connectivity index (χ0v) is 14.0. The van der Waals surface area contributed by atoms with Crippen molar-refractivity contribution in [2.75, 3.05) is 0 Å². The van der Waals surface area contributed by atoms with Gasteiger partial charge in [-0.3, -0.25) is 19.8 Å². The van der Waals surface area contributed by atoms with E-state index in [0.29, 0.717) is 28.1 Å². The Labute approximate surface area is 141 Å². The van der Waals surface area contributed by atoms with Crippen LogP contribution in [0.4, 0.5) is 0 Å². The molecule has 0 bridgehead atoms. The molecule has 25 heavy (non-hydrogen) atoms. The highest BCUT2D eigenvalue weighted by Crippen LogP contribution is 2.15. The van der Waals surface area contributed by atoms with E-state index in [2.05, 4.69) is 20.3 Å². The lowest BCUT2D eigenvalue weighted by Crippen LogP contribution is -2.22. The molecule has 0 saturated heterocycles. The van der Waals surface area contributed by atoms with Crippen LogP contribution in [0.25, 0.3) is 22.5 Å². The lowest BCUT2D eigenvalue weighted by atomic mass is 10.2. The summed E-state index contributed by atoms with van der Waals surface area (Å²) >= 11 is 0. The fourth-order valence-corrected chi connectivity index (χ4v) is 3.00. The second-order valence-corrected chi connectivity index (χ2v) is 6.00. The number of rotatable bonds is 2. The maximum atomic E-state index is 12.9. The first-order chi connectivity index (χ1) is 12.0. The number of aromatic amines is 2. The normalized spacial score (nSPS) is 11.3. The lowest BCUT2D eigenvalue weighted by Gasteiger charge is -2.04. The van der Waals surface area contributed by atoms with E-state index in [1.807, 2.05) is 31.2 Å². The Morgan fingerprint density at radius 3 is 2.56 bits per heavy atom. The molecule has 3 aromatic heterocycles. The predicted octanol–water partition coefficient (Wildman–Crippen LogP) is 1.51. The fraction of sp³-hybridized carbons (Fsp3) is 0.176. The molecule has 0 fully saturated rings. The molecular weight excluding hydrogens is 320 g/mol. The molecule has 0 saturated carbocycles. The second-order valence-electron chi connectivity index (χ2n) is 6.00. The molecule has 0 aliphatic heterocycles. The first-order valence-electron chi connectivity index (χ1n) is 7.79. The predicted molar refractivity (Wildman–Crippen MR) is 93.6 cm³/mol. The van der Waals surface area contributed by atoms with E-state index in [0.717, 1.165) is 5.56 Å². The van der Waals surface area contributed by atoms with Gasteiger partial charge >= 0.3 is 0 Å². The Morgan fingerprint density at radius 1 is 1.08 bits per heavy atom. The van der Waals surface area contributed by atoms with Gasteiger partial charge in [-0.25, -0.2) is 9.25 Å². The van der Waals surface area contributed by atoms with Gasteiger partial charge in [-0.1, -0.05) is 12.1 Å². The zero-order valence-electron chi connectivity index (χ0n) is 14.0. The van der Waals surface area contributed by atoms with E-state index < -0.39 is 0 Å². The van der Waals surface area contributed by atoms with Crippen molar-refractivity contribution < 1.29 is 0 Å². The molecule has 4 rings (SSSR count). The summed E-state index contributed by atoms with van der Waals surface area (Å²) in [6, 6.07) is 8.96. The minimum atomic E-state index is -0.304. The highest BCUT2D eigenvalue weighted by Gasteiger charge is 2.17. The molecule has 0 radical (unpaired) electrons. The molecule has 4 aromatic rings. The Balaban J connectivity index is 2.04. The third kappa shape index (κ3) is 2.30. The third-order valence-corrected chi connectivity index (χ3v) is 4.15. The van der Waals surface area contributed by atoms with Crippen LogP contribution in [0.15, 0.2) is 39.9 Å². The van der Waals surface area contributed by atoms with Crippen LogP contribution >= 0.6 is 0 Å². The van der Waals surface area contributed by atoms with Crippen LogP contribution in [-0.2, 0) is 0 Å². The van der Waals surface area contributed by atoms with Gasteiger partial charge in [0.2, 0.25) is 0 Å². The number of aromatic nitrogens is 6. The molecule has 0 aliphatic carbocycles. The molecule has 3 heterocycles. The Morgan fingerprint density at radius 2 is 1.88 bits per heavy atom. The van der Waals surface area contributed by atoms with Gasteiger partial charge in [0.1, 0.15) is 5.82 Å². The monoisotopic (exact) mass is 336 g/mol. The maximum Gasteiger partial charge on any atom is 0.280 e. The van der Waals surface area contributed by atoms with Crippen molar-refractivity contribution in [1.82, 2.24) is 29.5 Å². The summed E-state index contributed by atoms with van der Waals surface area (Å²) in [5.74, 6) is 0.817. The van der Waals surface area contributed by atoms with Crippen LogP contribution in [-0.4, -0.2) is 29.5 Å². The van der Waals surface area contributed by atoms with Crippen molar-refractivity contribution in [2.24, 2.45) is 0 Å². The Kier molecular flexibility index (Phi) is 3.21. The number of aryl methyl sites for hydroxylation is 3. The number of hydrogen-bond acceptors (Lipinski definition) is 4. The molecule has 0 atom stereocenters. The van der Waals surface area contributed by atoms with Crippen LogP contribution in [0, 0.1) is 20.8 Å². The standard InChI is InChI=1S/C17H16N6O2/c1-9-5-4-6-12(7-9)23-16(25)15-10(2)22(14(24)8-13(15)21-23)17-18-11(3)19-20-17/h4-8,21H,1-3H3,(H,18,19,20). The van der Waals surface area contributed by atoms with E-state index >= 15 is 0 Å². The molecule has 0 amide bonds. The molecule has 8 nitrogen and oxygen atoms in total. The number of fused-ring (bicyclic) bond motifs is 1. The van der Waals surface area contributed by atoms with Crippen LogP contribution in [0.2, 0.25) is 0 Å². The van der Waals surface area contributed by atoms with E-state index in [9.17, 15) is 9.59 Å². The molecule has 1 aromatic carbocycles. The summed E-state index contributed by atoms with van der Waals surface area (Å²) in [4.78, 5) is 29.6. The second kappa shape index (κ2) is 5.30. The minimum Gasteiger partial charge on any atom is -0.290 e. The first-order valence-corrected chi connectivity index (χ1v) is 7.79. The van der Waals surface area contributed by atoms with E-state index in [1.165, 1.54) is 15.3 Å². The molecule has 8 heteroatoms. The summed E-state index contributed by atoms with van der Waals surface area (Å²) in [6.45, 7) is 5.42. The molecule has 0 aliphatic rings. The maximum absolute atomic E-state index is 12.9. The van der Waals surface area contributed by atoms with E-state index in [4.69, 9.17) is 0 Å². The van der Waals surface area contributed by atoms with Crippen molar-refractivity contribution in [1.29, 1.82) is 0 Å². The molecule has 0 spiro atoms. The molecule has 126 valence electrons. The highest BCUT2D eigenvalue weighted by atomic mass is 16.1. The van der Waals surface area contributed by atoms with Gasteiger partial charge in [0.25, 0.3) is 17.1 Å². The van der Waals surface area contributed by atoms with Crippen molar-refractivity contribution >= 4 is 10.9 Å². The summed E-state index contributed by atoms with van der Waals surface area (Å²) < 4.78 is 2.78. The van der Waals surface area contributed by atoms with Crippen molar-refractivity contribution in [3.05, 3.63) is 68.1 Å². The molecule has 0 unspecified atom stereocenters. The Bertz CT molecular complexity index is 1220. The van der Waals surface area contributed by atoms with Gasteiger partial charge in [-0.15, -0.1) is 5.10 Å². The van der Waals surface area contributed by atoms with Crippen LogP contribution in [0.3, 0.4) is 0 Å². The number of nitrogens with one attached hydrogen (secondary N) is 2. The SMILES string of the molecule is Cc1cccc(-n2[nH]c3cc(=O)n(-c4n[nH]c(C)n4)c(C)c3c2=O)c1. The van der Waals surface area contributed by atoms with Gasteiger partial charge in [-0.2, -0.15) is 4.98 Å². The van der Waals surface area contributed by atoms with Gasteiger partial charge in [0.15, 0.2) is 0 Å². The average molecular weight is 336 g/mol. The topological polar surface area (TPSA) is 101 Å². The molecular formula is C17H16N6O2. The summed E-state index contributed by atoms with van der Waals surface area (Å²) in [5.41, 5.74) is 2.20. The van der Waals surface area contributed by atoms with Gasteiger partial charge < -0.3 is 0 Å². The summed E-state index contributed by atoms with van der Waals surface area (Å²) in [5, 5.41) is 10.2. The van der Waals surface area contributed by atoms with Crippen molar-refractivity contribution in [2.45, 2.75) is 20.8 Å². The lowest BCUT2D eigenvalue weighted by molar-refractivity contribution is 0.862. The van der Waals surface area contributed by atoms with Gasteiger partial charge in [0.05, 0.1) is 16.6 Å². The molecule has 2 N–H and O–H groups in total. The number of H-pyrrole nitrogens is 2. The summed E-state index contributed by atoms with van der Waals surface area (Å²) in [6.07, 6.45) is 0. The smallest absolute Gasteiger partial charge is 0.280 e. The zero-order chi connectivity index (χ0) is 17.7. The Hall–Kier alpha value is -3.42. The van der Waals surface area contributed by atoms with Gasteiger partial charge in [-0.05, 0) is 38.5 Å². The number of nitrogens with zero attached hydrogens (tertiary/aromatic N) is 4. The van der Waals surface area contributed by atoms with Crippen LogP contribution in [0.5, 0.6) is 0 Å². The number of hydrogen-bond donors (Lipinski definition) is 2. The fourth-order valence-electron chi connectivity index (χ4n) is 3.00. The van der Waals surface area contributed by atoms with Gasteiger partial charge in [0, 0.05) is 11.8 Å². The van der Waals surface area contributed by atoms with Crippen LogP contribution in [0.1, 0.15) is 17.1 Å². The first kappa shape index (κ1) is 15.1. The average Bonchev–Trinajstić information content (AvgIpc) is 3.11. The number of benzene rings is 1. The quantitative estimate of drug-likeness (QED) is 0.579. The summed E-state index contributed by atoms with van der Waals surface area (Å²) in [7, 11) is 0. The van der Waals surface area contributed by atoms with Crippen molar-refractivity contribution in [3.63, 3.8) is 0 Å². The van der Waals surface area contributed by atoms with E-state index in [1.54, 1.807) is 13.8 Å². The van der Waals surface area contributed by atoms with Crippen LogP contribution < -0.4 is 11.1 Å². The largest absolute Gasteiger partial charge is 0.290 e. The highest BCUT2D eigenvalue weighted by molar-refractivity contribution is 5.81. The minimum absolute atomic E-state index is 0.223.